The van der Waals surface area contributed by atoms with Crippen molar-refractivity contribution in [3.8, 4) is 17.2 Å². The summed E-state index contributed by atoms with van der Waals surface area (Å²) in [6, 6.07) is 16.8. The molecule has 44 heavy (non-hydrogen) atoms. The highest BCUT2D eigenvalue weighted by atomic mass is 32.1. The third-order valence-electron chi connectivity index (χ3n) is 7.65. The van der Waals surface area contributed by atoms with Gasteiger partial charge in [-0.05, 0) is 82.2 Å². The van der Waals surface area contributed by atoms with E-state index in [0.717, 1.165) is 21.9 Å². The minimum absolute atomic E-state index is 0.00806. The first-order valence-corrected chi connectivity index (χ1v) is 15.8. The molecule has 230 valence electrons. The minimum atomic E-state index is -0.733. The molecule has 0 saturated carbocycles. The summed E-state index contributed by atoms with van der Waals surface area (Å²) in [7, 11) is 1.61. The maximum atomic E-state index is 14.4. The molecule has 0 bridgehead atoms. The van der Waals surface area contributed by atoms with Crippen LogP contribution in [0.25, 0.3) is 16.8 Å². The number of carbonyl (C=O) groups excluding carboxylic acids is 1. The molecule has 0 unspecified atom stereocenters. The lowest BCUT2D eigenvalue weighted by Crippen LogP contribution is -2.43. The van der Waals surface area contributed by atoms with Gasteiger partial charge in [0.2, 0.25) is 0 Å². The van der Waals surface area contributed by atoms with Crippen molar-refractivity contribution < 1.29 is 19.0 Å². The van der Waals surface area contributed by atoms with Crippen LogP contribution in [0.5, 0.6) is 17.2 Å². The van der Waals surface area contributed by atoms with Gasteiger partial charge in [-0.15, -0.1) is 0 Å². The fraction of sp³-hybridized carbons (Fsp3) is 0.343. The molecule has 4 aromatic rings. The van der Waals surface area contributed by atoms with Crippen molar-refractivity contribution in [2.75, 3.05) is 26.8 Å². The number of nitrogens with zero attached hydrogens (tertiary/aromatic N) is 3. The maximum Gasteiger partial charge on any atom is 0.271 e. The number of ether oxygens (including phenoxy) is 3. The molecule has 9 heteroatoms. The standard InChI is InChI=1S/C35H39N3O5S/c1-8-37(9-2)34(40)30-22(6)36-35-38(32(30)31-25-14-12-11-13-24(25)16-18-27(31)41-7)33(39)29(44-35)20-23-15-17-26(43-21(4)5)28(19-23)42-10-3/h11-21,32H,8-10H2,1-7H3/b29-20+/t32-/m1/s1. The Hall–Kier alpha value is -4.37. The number of benzene rings is 3. The Balaban J connectivity index is 1.78. The number of amides is 1. The van der Waals surface area contributed by atoms with Gasteiger partial charge in [0.15, 0.2) is 16.3 Å². The van der Waals surface area contributed by atoms with E-state index in [4.69, 9.17) is 19.2 Å². The first-order valence-electron chi connectivity index (χ1n) is 15.0. The van der Waals surface area contributed by atoms with Crippen molar-refractivity contribution in [2.24, 2.45) is 4.99 Å². The van der Waals surface area contributed by atoms with E-state index < -0.39 is 6.04 Å². The van der Waals surface area contributed by atoms with Crippen molar-refractivity contribution in [1.29, 1.82) is 0 Å². The molecule has 3 aromatic carbocycles. The second kappa shape index (κ2) is 13.1. The summed E-state index contributed by atoms with van der Waals surface area (Å²) >= 11 is 1.30. The molecule has 0 saturated heterocycles. The molecule has 8 nitrogen and oxygen atoms in total. The topological polar surface area (TPSA) is 82.4 Å². The third kappa shape index (κ3) is 5.76. The normalized spacial score (nSPS) is 14.9. The number of allylic oxidation sites excluding steroid dienone is 1. The molecule has 0 N–H and O–H groups in total. The number of methoxy groups -OCH3 is 1. The molecule has 1 aliphatic heterocycles. The fourth-order valence-corrected chi connectivity index (χ4v) is 6.72. The van der Waals surface area contributed by atoms with Crippen molar-refractivity contribution in [1.82, 2.24) is 9.47 Å². The first kappa shape index (κ1) is 31.1. The minimum Gasteiger partial charge on any atom is -0.496 e. The summed E-state index contributed by atoms with van der Waals surface area (Å²) in [5, 5.41) is 1.90. The Labute approximate surface area is 261 Å². The van der Waals surface area contributed by atoms with Crippen LogP contribution in [-0.4, -0.2) is 48.3 Å². The number of thiazole rings is 1. The Morgan fingerprint density at radius 2 is 1.77 bits per heavy atom. The van der Waals surface area contributed by atoms with Crippen molar-refractivity contribution in [3.63, 3.8) is 0 Å². The first-order chi connectivity index (χ1) is 21.2. The van der Waals surface area contributed by atoms with E-state index >= 15 is 0 Å². The van der Waals surface area contributed by atoms with Gasteiger partial charge in [-0.3, -0.25) is 14.2 Å². The summed E-state index contributed by atoms with van der Waals surface area (Å²) in [4.78, 5) is 35.7. The van der Waals surface area contributed by atoms with Crippen molar-refractivity contribution in [2.45, 2.75) is 53.7 Å². The summed E-state index contributed by atoms with van der Waals surface area (Å²) in [6.07, 6.45) is 1.83. The van der Waals surface area contributed by atoms with Crippen LogP contribution < -0.4 is 29.1 Å². The van der Waals surface area contributed by atoms with Gasteiger partial charge >= 0.3 is 0 Å². The van der Waals surface area contributed by atoms with Crippen LogP contribution in [0.2, 0.25) is 0 Å². The monoisotopic (exact) mass is 613 g/mol. The summed E-state index contributed by atoms with van der Waals surface area (Å²) in [6.45, 7) is 13.2. The van der Waals surface area contributed by atoms with E-state index in [9.17, 15) is 9.59 Å². The highest BCUT2D eigenvalue weighted by Crippen LogP contribution is 2.40. The van der Waals surface area contributed by atoms with Gasteiger partial charge < -0.3 is 19.1 Å². The lowest BCUT2D eigenvalue weighted by molar-refractivity contribution is -0.127. The lowest BCUT2D eigenvalue weighted by atomic mass is 9.90. The average molecular weight is 614 g/mol. The van der Waals surface area contributed by atoms with E-state index in [0.29, 0.717) is 57.5 Å². The third-order valence-corrected chi connectivity index (χ3v) is 8.64. The van der Waals surface area contributed by atoms with Gasteiger partial charge in [0.1, 0.15) is 11.8 Å². The molecule has 1 aromatic heterocycles. The molecule has 5 rings (SSSR count). The number of aromatic nitrogens is 1. The molecule has 0 spiro atoms. The van der Waals surface area contributed by atoms with Gasteiger partial charge in [0.25, 0.3) is 11.5 Å². The average Bonchev–Trinajstić information content (AvgIpc) is 3.31. The fourth-order valence-electron chi connectivity index (χ4n) is 5.67. The number of rotatable bonds is 10. The van der Waals surface area contributed by atoms with Crippen LogP contribution in [-0.2, 0) is 4.79 Å². The van der Waals surface area contributed by atoms with Gasteiger partial charge in [-0.1, -0.05) is 47.7 Å². The van der Waals surface area contributed by atoms with E-state index in [1.165, 1.54) is 11.3 Å². The Bertz CT molecular complexity index is 1920. The van der Waals surface area contributed by atoms with Crippen LogP contribution in [0.15, 0.2) is 75.7 Å². The SMILES string of the molecule is CCOc1cc(/C=c2/sc3n(c2=O)[C@@H](c2c(OC)ccc4ccccc24)C(C(=O)N(CC)CC)=C(C)N=3)ccc1OC(C)C. The lowest BCUT2D eigenvalue weighted by Gasteiger charge is -2.30. The number of fused-ring (bicyclic) bond motifs is 2. The number of hydrogen-bond donors (Lipinski definition) is 0. The molecule has 2 heterocycles. The van der Waals surface area contributed by atoms with Crippen LogP contribution in [0.1, 0.15) is 58.7 Å². The van der Waals surface area contributed by atoms with Crippen LogP contribution in [0.3, 0.4) is 0 Å². The Kier molecular flexibility index (Phi) is 9.25. The Morgan fingerprint density at radius 3 is 2.45 bits per heavy atom. The highest BCUT2D eigenvalue weighted by Gasteiger charge is 2.36. The smallest absolute Gasteiger partial charge is 0.271 e. The number of hydrogen-bond acceptors (Lipinski definition) is 7. The summed E-state index contributed by atoms with van der Waals surface area (Å²) < 4.78 is 19.8. The van der Waals surface area contributed by atoms with E-state index in [-0.39, 0.29) is 17.6 Å². The van der Waals surface area contributed by atoms with Crippen molar-refractivity contribution >= 4 is 34.1 Å². The second-order valence-corrected chi connectivity index (χ2v) is 11.8. The molecule has 1 atom stereocenters. The molecule has 1 amide bonds. The zero-order valence-electron chi connectivity index (χ0n) is 26.3. The quantitative estimate of drug-likeness (QED) is 0.238. The largest absolute Gasteiger partial charge is 0.496 e. The molecular formula is C35H39N3O5S. The number of carbonyl (C=O) groups is 1. The van der Waals surface area contributed by atoms with Gasteiger partial charge in [-0.25, -0.2) is 4.99 Å². The molecule has 0 radical (unpaired) electrons. The van der Waals surface area contributed by atoms with E-state index in [1.54, 1.807) is 16.6 Å². The van der Waals surface area contributed by atoms with Crippen LogP contribution >= 0.6 is 11.3 Å². The molecule has 1 aliphatic rings. The van der Waals surface area contributed by atoms with Crippen molar-refractivity contribution in [3.05, 3.63) is 96.7 Å². The van der Waals surface area contributed by atoms with E-state index in [1.807, 2.05) is 102 Å². The molecule has 0 fully saturated rings. The Morgan fingerprint density at radius 1 is 1.05 bits per heavy atom. The van der Waals surface area contributed by atoms with Gasteiger partial charge in [-0.2, -0.15) is 0 Å². The summed E-state index contributed by atoms with van der Waals surface area (Å²) in [5.41, 5.74) is 2.38. The van der Waals surface area contributed by atoms with Crippen LogP contribution in [0, 0.1) is 0 Å². The highest BCUT2D eigenvalue weighted by molar-refractivity contribution is 7.07. The molecule has 0 aliphatic carbocycles. The zero-order valence-corrected chi connectivity index (χ0v) is 27.2. The molecular weight excluding hydrogens is 574 g/mol. The second-order valence-electron chi connectivity index (χ2n) is 10.8. The maximum absolute atomic E-state index is 14.4. The van der Waals surface area contributed by atoms with Gasteiger partial charge in [0, 0.05) is 18.7 Å². The van der Waals surface area contributed by atoms with Gasteiger partial charge in [0.05, 0.1) is 35.6 Å². The summed E-state index contributed by atoms with van der Waals surface area (Å²) in [5.74, 6) is 1.72. The van der Waals surface area contributed by atoms with Crippen LogP contribution in [0.4, 0.5) is 0 Å². The van der Waals surface area contributed by atoms with E-state index in [2.05, 4.69) is 0 Å². The predicted molar refractivity (Wildman–Crippen MR) is 176 cm³/mol. The zero-order chi connectivity index (χ0) is 31.5. The number of likely N-dealkylation sites (N-methyl/N-ethyl adjacent to an activating group) is 1. The predicted octanol–water partition coefficient (Wildman–Crippen LogP) is 5.45.